The molecule has 0 spiro atoms. The Hall–Kier alpha value is -2.33. The highest BCUT2D eigenvalue weighted by Gasteiger charge is 2.22. The van der Waals surface area contributed by atoms with Crippen molar-refractivity contribution in [3.63, 3.8) is 0 Å². The Morgan fingerprint density at radius 2 is 2.00 bits per heavy atom. The minimum absolute atomic E-state index is 0.119. The van der Waals surface area contributed by atoms with E-state index < -0.39 is 0 Å². The minimum Gasteiger partial charge on any atom is -0.352 e. The third kappa shape index (κ3) is 3.95. The quantitative estimate of drug-likeness (QED) is 0.904. The number of rotatable bonds is 5. The topological polar surface area (TPSA) is 49.4 Å². The van der Waals surface area contributed by atoms with Gasteiger partial charge in [-0.05, 0) is 48.7 Å². The number of halogens is 1. The van der Waals surface area contributed by atoms with E-state index in [-0.39, 0.29) is 11.8 Å². The second-order valence-corrected chi connectivity index (χ2v) is 6.27. The number of nitrogens with zero attached hydrogens (tertiary/aromatic N) is 1. The van der Waals surface area contributed by atoms with E-state index in [4.69, 9.17) is 11.6 Å². The molecule has 0 unspecified atom stereocenters. The molecule has 1 heterocycles. The number of nitrogens with one attached hydrogen (secondary N) is 1. The Morgan fingerprint density at radius 1 is 1.17 bits per heavy atom. The fraction of sp³-hybridized carbons (Fsp3) is 0.263. The molecule has 2 aromatic rings. The monoisotopic (exact) mass is 342 g/mol. The maximum Gasteiger partial charge on any atom is 0.251 e. The summed E-state index contributed by atoms with van der Waals surface area (Å²) in [5.41, 5.74) is 2.44. The van der Waals surface area contributed by atoms with Crippen LogP contribution in [0.25, 0.3) is 0 Å². The lowest BCUT2D eigenvalue weighted by Crippen LogP contribution is -2.27. The molecule has 4 nitrogen and oxygen atoms in total. The fourth-order valence-electron chi connectivity index (χ4n) is 2.85. The molecule has 0 aromatic heterocycles. The summed E-state index contributed by atoms with van der Waals surface area (Å²) < 4.78 is 0. The van der Waals surface area contributed by atoms with E-state index in [1.165, 1.54) is 0 Å². The molecular weight excluding hydrogens is 324 g/mol. The van der Waals surface area contributed by atoms with Crippen molar-refractivity contribution >= 4 is 29.1 Å². The molecule has 0 aliphatic carbocycles. The molecule has 0 saturated carbocycles. The first kappa shape index (κ1) is 16.5. The van der Waals surface area contributed by atoms with Gasteiger partial charge in [-0.3, -0.25) is 9.59 Å². The smallest absolute Gasteiger partial charge is 0.251 e. The summed E-state index contributed by atoms with van der Waals surface area (Å²) in [5, 5.41) is 3.61. The Kier molecular flexibility index (Phi) is 5.16. The second-order valence-electron chi connectivity index (χ2n) is 5.84. The molecule has 24 heavy (non-hydrogen) atoms. The first-order chi connectivity index (χ1) is 11.6. The van der Waals surface area contributed by atoms with Crippen LogP contribution in [0.3, 0.4) is 0 Å². The van der Waals surface area contributed by atoms with Gasteiger partial charge < -0.3 is 10.2 Å². The number of carbonyl (C=O) groups excluding carboxylic acids is 2. The van der Waals surface area contributed by atoms with E-state index in [1.54, 1.807) is 17.0 Å². The second kappa shape index (κ2) is 7.49. The lowest BCUT2D eigenvalue weighted by molar-refractivity contribution is -0.117. The van der Waals surface area contributed by atoms with Crippen molar-refractivity contribution in [2.24, 2.45) is 0 Å². The summed E-state index contributed by atoms with van der Waals surface area (Å²) in [6.45, 7) is 1.25. The molecule has 0 radical (unpaired) electrons. The number of carbonyl (C=O) groups is 2. The van der Waals surface area contributed by atoms with E-state index in [0.717, 1.165) is 30.6 Å². The SMILES string of the molecule is O=C(NCCc1cccc(Cl)c1)c1cccc(N2CCCC2=O)c1. The third-order valence-corrected chi connectivity index (χ3v) is 4.32. The zero-order valence-corrected chi connectivity index (χ0v) is 14.1. The van der Waals surface area contributed by atoms with Crippen molar-refractivity contribution < 1.29 is 9.59 Å². The predicted molar refractivity (Wildman–Crippen MR) is 95.5 cm³/mol. The molecule has 2 aromatic carbocycles. The number of anilines is 1. The van der Waals surface area contributed by atoms with E-state index in [2.05, 4.69) is 5.32 Å². The maximum atomic E-state index is 12.3. The Morgan fingerprint density at radius 3 is 2.75 bits per heavy atom. The van der Waals surface area contributed by atoms with Gasteiger partial charge in [0.25, 0.3) is 5.91 Å². The zero-order chi connectivity index (χ0) is 16.9. The van der Waals surface area contributed by atoms with Gasteiger partial charge in [0.2, 0.25) is 5.91 Å². The van der Waals surface area contributed by atoms with Crippen LogP contribution in [0.1, 0.15) is 28.8 Å². The molecule has 0 atom stereocenters. The number of benzene rings is 2. The van der Waals surface area contributed by atoms with Gasteiger partial charge in [0.1, 0.15) is 0 Å². The van der Waals surface area contributed by atoms with Crippen LogP contribution in [0.2, 0.25) is 5.02 Å². The predicted octanol–water partition coefficient (Wildman–Crippen LogP) is 3.44. The lowest BCUT2D eigenvalue weighted by atomic mass is 10.1. The molecule has 124 valence electrons. The van der Waals surface area contributed by atoms with Gasteiger partial charge in [-0.2, -0.15) is 0 Å². The zero-order valence-electron chi connectivity index (χ0n) is 13.3. The van der Waals surface area contributed by atoms with E-state index in [9.17, 15) is 9.59 Å². The lowest BCUT2D eigenvalue weighted by Gasteiger charge is -2.16. The highest BCUT2D eigenvalue weighted by molar-refractivity contribution is 6.30. The number of hydrogen-bond donors (Lipinski definition) is 1. The Labute approximate surface area is 146 Å². The van der Waals surface area contributed by atoms with Crippen molar-refractivity contribution in [2.75, 3.05) is 18.0 Å². The molecule has 1 saturated heterocycles. The molecule has 0 bridgehead atoms. The average molecular weight is 343 g/mol. The largest absolute Gasteiger partial charge is 0.352 e. The standard InChI is InChI=1S/C19H19ClN2O2/c20-16-6-1-4-14(12-16)9-10-21-19(24)15-5-2-7-17(13-15)22-11-3-8-18(22)23/h1-2,4-7,12-13H,3,8-11H2,(H,21,24). The van der Waals surface area contributed by atoms with Crippen LogP contribution in [0.4, 0.5) is 5.69 Å². The number of hydrogen-bond acceptors (Lipinski definition) is 2. The fourth-order valence-corrected chi connectivity index (χ4v) is 3.06. The summed E-state index contributed by atoms with van der Waals surface area (Å²) in [5.74, 6) is -0.0148. The van der Waals surface area contributed by atoms with Gasteiger partial charge in [0.05, 0.1) is 0 Å². The van der Waals surface area contributed by atoms with Crippen molar-refractivity contribution in [1.29, 1.82) is 0 Å². The summed E-state index contributed by atoms with van der Waals surface area (Å²) in [6, 6.07) is 14.8. The van der Waals surface area contributed by atoms with Gasteiger partial charge in [-0.1, -0.05) is 29.8 Å². The van der Waals surface area contributed by atoms with Crippen molar-refractivity contribution in [2.45, 2.75) is 19.3 Å². The normalized spacial score (nSPS) is 14.0. The molecule has 1 fully saturated rings. The first-order valence-corrected chi connectivity index (χ1v) is 8.44. The van der Waals surface area contributed by atoms with Gasteiger partial charge in [-0.25, -0.2) is 0 Å². The highest BCUT2D eigenvalue weighted by atomic mass is 35.5. The van der Waals surface area contributed by atoms with Crippen LogP contribution in [-0.2, 0) is 11.2 Å². The Balaban J connectivity index is 1.60. The van der Waals surface area contributed by atoms with Crippen molar-refractivity contribution in [3.05, 3.63) is 64.7 Å². The molecule has 1 aliphatic rings. The van der Waals surface area contributed by atoms with Crippen LogP contribution in [0.5, 0.6) is 0 Å². The molecule has 5 heteroatoms. The molecule has 2 amide bonds. The minimum atomic E-state index is -0.134. The average Bonchev–Trinajstić information content (AvgIpc) is 3.01. The van der Waals surface area contributed by atoms with Crippen LogP contribution in [0, 0.1) is 0 Å². The van der Waals surface area contributed by atoms with Crippen molar-refractivity contribution in [1.82, 2.24) is 5.32 Å². The number of amides is 2. The third-order valence-electron chi connectivity index (χ3n) is 4.08. The van der Waals surface area contributed by atoms with Crippen LogP contribution in [-0.4, -0.2) is 24.9 Å². The maximum absolute atomic E-state index is 12.3. The van der Waals surface area contributed by atoms with Crippen molar-refractivity contribution in [3.8, 4) is 0 Å². The molecule has 1 N–H and O–H groups in total. The highest BCUT2D eigenvalue weighted by Crippen LogP contribution is 2.22. The van der Waals surface area contributed by atoms with Gasteiger partial charge in [-0.15, -0.1) is 0 Å². The summed E-state index contributed by atoms with van der Waals surface area (Å²) in [6.07, 6.45) is 2.17. The van der Waals surface area contributed by atoms with E-state index >= 15 is 0 Å². The Bertz CT molecular complexity index is 761. The molecule has 1 aliphatic heterocycles. The van der Waals surface area contributed by atoms with E-state index in [0.29, 0.717) is 23.6 Å². The van der Waals surface area contributed by atoms with Crippen LogP contribution < -0.4 is 10.2 Å². The van der Waals surface area contributed by atoms with Crippen LogP contribution in [0.15, 0.2) is 48.5 Å². The molecule has 3 rings (SSSR count). The van der Waals surface area contributed by atoms with Crippen LogP contribution >= 0.6 is 11.6 Å². The van der Waals surface area contributed by atoms with Gasteiger partial charge in [0.15, 0.2) is 0 Å². The summed E-state index contributed by atoms with van der Waals surface area (Å²) in [4.78, 5) is 25.9. The molecular formula is C19H19ClN2O2. The summed E-state index contributed by atoms with van der Waals surface area (Å²) >= 11 is 5.95. The summed E-state index contributed by atoms with van der Waals surface area (Å²) in [7, 11) is 0. The van der Waals surface area contributed by atoms with Gasteiger partial charge >= 0.3 is 0 Å². The first-order valence-electron chi connectivity index (χ1n) is 8.06. The van der Waals surface area contributed by atoms with Gasteiger partial charge in [0, 0.05) is 35.8 Å². The van der Waals surface area contributed by atoms with E-state index in [1.807, 2.05) is 36.4 Å².